The molecule has 1 N–H and O–H groups in total. The zero-order valence-corrected chi connectivity index (χ0v) is 17.7. The Labute approximate surface area is 188 Å². The van der Waals surface area contributed by atoms with Gasteiger partial charge in [0.25, 0.3) is 5.91 Å². The van der Waals surface area contributed by atoms with Crippen LogP contribution in [0, 0.1) is 11.6 Å². The van der Waals surface area contributed by atoms with Gasteiger partial charge in [-0.15, -0.1) is 11.8 Å². The lowest BCUT2D eigenvalue weighted by Crippen LogP contribution is -2.51. The topological polar surface area (TPSA) is 52.7 Å². The molecule has 3 amide bonds. The highest BCUT2D eigenvalue weighted by Gasteiger charge is 2.59. The molecule has 8 heteroatoms. The Hall–Kier alpha value is -3.39. The van der Waals surface area contributed by atoms with Crippen molar-refractivity contribution in [2.45, 2.75) is 11.4 Å². The number of nitrogens with zero attached hydrogens (tertiary/aromatic N) is 2. The van der Waals surface area contributed by atoms with E-state index in [0.29, 0.717) is 29.2 Å². The maximum atomic E-state index is 13.8. The Bertz CT molecular complexity index is 1200. The molecule has 0 saturated carbocycles. The third-order valence-corrected chi connectivity index (χ3v) is 7.09. The first kappa shape index (κ1) is 20.5. The number of amides is 3. The molecule has 1 saturated heterocycles. The van der Waals surface area contributed by atoms with Gasteiger partial charge in [0.2, 0.25) is 0 Å². The van der Waals surface area contributed by atoms with E-state index in [9.17, 15) is 18.4 Å². The molecule has 0 aliphatic carbocycles. The first-order valence-electron chi connectivity index (χ1n) is 10.1. The molecule has 2 heterocycles. The number of rotatable bonds is 3. The van der Waals surface area contributed by atoms with Crippen molar-refractivity contribution in [3.8, 4) is 0 Å². The highest BCUT2D eigenvalue weighted by Crippen LogP contribution is 2.54. The molecule has 0 unspecified atom stereocenters. The lowest BCUT2D eigenvalue weighted by atomic mass is 10.1. The fourth-order valence-electron chi connectivity index (χ4n) is 4.27. The van der Waals surface area contributed by atoms with Gasteiger partial charge in [-0.2, -0.15) is 0 Å². The van der Waals surface area contributed by atoms with E-state index in [2.05, 4.69) is 5.32 Å². The Balaban J connectivity index is 1.50. The van der Waals surface area contributed by atoms with Gasteiger partial charge in [-0.05, 0) is 48.0 Å². The lowest BCUT2D eigenvalue weighted by Gasteiger charge is -2.33. The number of benzene rings is 3. The predicted octanol–water partition coefficient (Wildman–Crippen LogP) is 4.95. The van der Waals surface area contributed by atoms with E-state index in [1.54, 1.807) is 17.0 Å². The van der Waals surface area contributed by atoms with Crippen LogP contribution in [0.15, 0.2) is 72.8 Å². The fraction of sp³-hybridized carbons (Fsp3) is 0.167. The summed E-state index contributed by atoms with van der Waals surface area (Å²) >= 11 is 1.41. The van der Waals surface area contributed by atoms with Gasteiger partial charge in [-0.3, -0.25) is 9.69 Å². The smallest absolute Gasteiger partial charge is 0.308 e. The fourth-order valence-corrected chi connectivity index (χ4v) is 5.73. The Kier molecular flexibility index (Phi) is 5.09. The van der Waals surface area contributed by atoms with Crippen LogP contribution in [0.25, 0.3) is 0 Å². The number of halogens is 2. The van der Waals surface area contributed by atoms with Gasteiger partial charge >= 0.3 is 6.03 Å². The molecular formula is C24H19F2N3O2S. The normalized spacial score (nSPS) is 19.5. The minimum absolute atomic E-state index is 0.198. The van der Waals surface area contributed by atoms with Crippen LogP contribution in [0.2, 0.25) is 0 Å². The number of urea groups is 1. The van der Waals surface area contributed by atoms with Gasteiger partial charge < -0.3 is 10.2 Å². The zero-order valence-electron chi connectivity index (χ0n) is 16.9. The number of para-hydroxylation sites is 1. The van der Waals surface area contributed by atoms with Crippen LogP contribution >= 0.6 is 11.8 Å². The minimum Gasteiger partial charge on any atom is -0.308 e. The lowest BCUT2D eigenvalue weighted by molar-refractivity contribution is -0.123. The second-order valence-corrected chi connectivity index (χ2v) is 8.91. The number of thioether (sulfide) groups is 1. The van der Waals surface area contributed by atoms with Gasteiger partial charge in [0, 0.05) is 23.5 Å². The molecule has 0 aromatic heterocycles. The molecule has 3 aromatic rings. The van der Waals surface area contributed by atoms with Crippen LogP contribution in [0.3, 0.4) is 0 Å². The minimum atomic E-state index is -1.20. The number of nitrogens with one attached hydrogen (secondary N) is 1. The summed E-state index contributed by atoms with van der Waals surface area (Å²) < 4.78 is 27.0. The highest BCUT2D eigenvalue weighted by atomic mass is 32.2. The second-order valence-electron chi connectivity index (χ2n) is 7.62. The zero-order chi connectivity index (χ0) is 22.3. The number of hydrogen-bond donors (Lipinski definition) is 1. The molecule has 1 spiro atoms. The van der Waals surface area contributed by atoms with E-state index in [1.807, 2.05) is 24.3 Å². The van der Waals surface area contributed by atoms with Crippen LogP contribution in [-0.4, -0.2) is 29.1 Å². The number of carbonyl (C=O) groups excluding carboxylic acids is 2. The molecule has 5 rings (SSSR count). The molecule has 32 heavy (non-hydrogen) atoms. The molecule has 5 nitrogen and oxygen atoms in total. The summed E-state index contributed by atoms with van der Waals surface area (Å²) in [5, 5.41) is 2.77. The predicted molar refractivity (Wildman–Crippen MR) is 120 cm³/mol. The maximum Gasteiger partial charge on any atom is 0.323 e. The summed E-state index contributed by atoms with van der Waals surface area (Å²) in [5.74, 6) is -0.415. The van der Waals surface area contributed by atoms with E-state index >= 15 is 0 Å². The Morgan fingerprint density at radius 3 is 2.56 bits per heavy atom. The van der Waals surface area contributed by atoms with Gasteiger partial charge in [-0.25, -0.2) is 13.6 Å². The molecule has 162 valence electrons. The monoisotopic (exact) mass is 451 g/mol. The SMILES string of the molecule is O=C(Nc1ccc(F)cc1)N1CCS[C@]12C(=O)N(Cc1cccc(F)c1)c1ccccc12. The molecule has 2 aliphatic heterocycles. The molecule has 0 bridgehead atoms. The highest BCUT2D eigenvalue weighted by molar-refractivity contribution is 8.01. The summed E-state index contributed by atoms with van der Waals surface area (Å²) in [6.07, 6.45) is 0. The van der Waals surface area contributed by atoms with Crippen LogP contribution < -0.4 is 10.2 Å². The van der Waals surface area contributed by atoms with E-state index < -0.39 is 16.7 Å². The largest absolute Gasteiger partial charge is 0.323 e. The van der Waals surface area contributed by atoms with Crippen LogP contribution in [0.1, 0.15) is 11.1 Å². The molecule has 3 aromatic carbocycles. The summed E-state index contributed by atoms with van der Waals surface area (Å²) in [5.41, 5.74) is 2.54. The third-order valence-electron chi connectivity index (χ3n) is 5.67. The number of carbonyl (C=O) groups is 2. The van der Waals surface area contributed by atoms with Crippen molar-refractivity contribution in [1.82, 2.24) is 4.90 Å². The van der Waals surface area contributed by atoms with Crippen molar-refractivity contribution in [3.63, 3.8) is 0 Å². The van der Waals surface area contributed by atoms with Crippen molar-refractivity contribution in [2.75, 3.05) is 22.5 Å². The van der Waals surface area contributed by atoms with Gasteiger partial charge in [0.05, 0.1) is 12.2 Å². The van der Waals surface area contributed by atoms with Gasteiger partial charge in [0.1, 0.15) is 11.6 Å². The van der Waals surface area contributed by atoms with Crippen LogP contribution in [0.4, 0.5) is 25.0 Å². The average Bonchev–Trinajstić information content (AvgIpc) is 3.33. The van der Waals surface area contributed by atoms with Gasteiger partial charge in [0.15, 0.2) is 4.87 Å². The molecule has 1 fully saturated rings. The van der Waals surface area contributed by atoms with Crippen molar-refractivity contribution < 1.29 is 18.4 Å². The van der Waals surface area contributed by atoms with E-state index in [1.165, 1.54) is 53.1 Å². The molecular weight excluding hydrogens is 432 g/mol. The van der Waals surface area contributed by atoms with Crippen LogP contribution in [0.5, 0.6) is 0 Å². The molecule has 0 radical (unpaired) electrons. The number of fused-ring (bicyclic) bond motifs is 2. The van der Waals surface area contributed by atoms with E-state index in [0.717, 1.165) is 5.56 Å². The summed E-state index contributed by atoms with van der Waals surface area (Å²) in [4.78, 5) is 29.0. The van der Waals surface area contributed by atoms with Crippen molar-refractivity contribution >= 4 is 35.1 Å². The Morgan fingerprint density at radius 1 is 1.00 bits per heavy atom. The van der Waals surface area contributed by atoms with Gasteiger partial charge in [-0.1, -0.05) is 30.3 Å². The Morgan fingerprint density at radius 2 is 1.78 bits per heavy atom. The standard InChI is InChI=1S/C24H19F2N3O2S/c25-17-8-10-19(11-9-17)27-23(31)29-12-13-32-24(29)20-6-1-2-7-21(20)28(22(24)30)15-16-4-3-5-18(26)14-16/h1-11,14H,12-13,15H2,(H,27,31)/t24-/m1/s1. The number of hydrogen-bond acceptors (Lipinski definition) is 3. The number of anilines is 2. The molecule has 2 aliphatic rings. The van der Waals surface area contributed by atoms with Crippen molar-refractivity contribution in [2.24, 2.45) is 0 Å². The van der Waals surface area contributed by atoms with Crippen LogP contribution in [-0.2, 0) is 16.2 Å². The summed E-state index contributed by atoms with van der Waals surface area (Å²) in [6, 6.07) is 18.6. The van der Waals surface area contributed by atoms with E-state index in [4.69, 9.17) is 0 Å². The first-order chi connectivity index (χ1) is 15.5. The maximum absolute atomic E-state index is 13.8. The average molecular weight is 451 g/mol. The summed E-state index contributed by atoms with van der Waals surface area (Å²) in [7, 11) is 0. The van der Waals surface area contributed by atoms with Crippen molar-refractivity contribution in [3.05, 3.63) is 95.6 Å². The second kappa shape index (κ2) is 7.94. The van der Waals surface area contributed by atoms with E-state index in [-0.39, 0.29) is 18.3 Å². The molecule has 1 atom stereocenters. The first-order valence-corrected chi connectivity index (χ1v) is 11.1. The quantitative estimate of drug-likeness (QED) is 0.613. The van der Waals surface area contributed by atoms with Crippen molar-refractivity contribution in [1.29, 1.82) is 0 Å². The third kappa shape index (κ3) is 3.31. The summed E-state index contributed by atoms with van der Waals surface area (Å²) in [6.45, 7) is 0.578.